The van der Waals surface area contributed by atoms with Gasteiger partial charge in [-0.15, -0.1) is 0 Å². The van der Waals surface area contributed by atoms with Crippen molar-refractivity contribution in [1.82, 2.24) is 0 Å². The highest BCUT2D eigenvalue weighted by Crippen LogP contribution is 2.56. The lowest BCUT2D eigenvalue weighted by molar-refractivity contribution is 0.660. The number of benzene rings is 9. The molecule has 2 heterocycles. The summed E-state index contributed by atoms with van der Waals surface area (Å²) in [5, 5.41) is 4.96. The van der Waals surface area contributed by atoms with Crippen molar-refractivity contribution in [1.29, 1.82) is 0 Å². The van der Waals surface area contributed by atoms with Gasteiger partial charge in [-0.1, -0.05) is 171 Å². The maximum Gasteiger partial charge on any atom is 0.0619 e. The molecule has 0 bridgehead atoms. The van der Waals surface area contributed by atoms with Crippen LogP contribution in [0.2, 0.25) is 0 Å². The zero-order valence-corrected chi connectivity index (χ0v) is 34.3. The van der Waals surface area contributed by atoms with E-state index in [0.29, 0.717) is 0 Å². The molecule has 280 valence electrons. The highest BCUT2D eigenvalue weighted by Gasteiger charge is 2.37. The van der Waals surface area contributed by atoms with Gasteiger partial charge in [0, 0.05) is 41.5 Å². The first-order chi connectivity index (χ1) is 29.0. The standard InChI is InChI=1S/C55H38N2S2/c1-55(2)44-33-35(28-31-40(44)41-32-29-36(34-45(41)55)56-46-19-7-11-23-50(46)58-51-24-12-8-20-47(51)56)27-30-39-37-15-3-5-17-42(37)54(43-18-6-4-16-38(39)43)57-48-21-9-13-25-52(48)59-53-26-14-10-22-49(53)57/h3-34H,1-2H3. The van der Waals surface area contributed by atoms with Gasteiger partial charge < -0.3 is 9.80 Å². The lowest BCUT2D eigenvalue weighted by Gasteiger charge is -2.34. The molecule has 12 rings (SSSR count). The van der Waals surface area contributed by atoms with Crippen LogP contribution in [0, 0.1) is 0 Å². The van der Waals surface area contributed by atoms with Gasteiger partial charge in [-0.05, 0) is 105 Å². The molecule has 0 amide bonds. The van der Waals surface area contributed by atoms with Crippen LogP contribution in [0.4, 0.5) is 34.1 Å². The van der Waals surface area contributed by atoms with Gasteiger partial charge in [0.1, 0.15) is 0 Å². The zero-order chi connectivity index (χ0) is 39.2. The number of anilines is 6. The Balaban J connectivity index is 0.957. The topological polar surface area (TPSA) is 6.48 Å². The van der Waals surface area contributed by atoms with E-state index < -0.39 is 0 Å². The fraction of sp³-hybridized carbons (Fsp3) is 0.0545. The fourth-order valence-electron chi connectivity index (χ4n) is 9.65. The number of rotatable bonds is 4. The number of fused-ring (bicyclic) bond motifs is 9. The van der Waals surface area contributed by atoms with Gasteiger partial charge >= 0.3 is 0 Å². The monoisotopic (exact) mass is 790 g/mol. The van der Waals surface area contributed by atoms with Gasteiger partial charge in [-0.2, -0.15) is 0 Å². The summed E-state index contributed by atoms with van der Waals surface area (Å²) >= 11 is 3.70. The molecule has 9 aromatic carbocycles. The Morgan fingerprint density at radius 1 is 0.407 bits per heavy atom. The first-order valence-corrected chi connectivity index (χ1v) is 21.9. The Hall–Kier alpha value is -6.46. The average molecular weight is 791 g/mol. The Morgan fingerprint density at radius 2 is 0.831 bits per heavy atom. The van der Waals surface area contributed by atoms with Crippen LogP contribution in [0.3, 0.4) is 0 Å². The van der Waals surface area contributed by atoms with Crippen LogP contribution in [0.25, 0.3) is 44.8 Å². The Bertz CT molecular complexity index is 3080. The first-order valence-electron chi connectivity index (χ1n) is 20.3. The SMILES string of the molecule is CC1(C)c2cc(C=Cc3c4ccccc4c(N4c5ccccc5Sc5ccccc54)c4ccccc34)ccc2-c2ccc(N3c4ccccc4Sc4ccccc43)cc21. The molecule has 0 atom stereocenters. The number of nitrogens with zero attached hydrogens (tertiary/aromatic N) is 2. The maximum atomic E-state index is 2.49. The minimum atomic E-state index is -0.172. The Labute approximate surface area is 353 Å². The lowest BCUT2D eigenvalue weighted by Crippen LogP contribution is -2.18. The van der Waals surface area contributed by atoms with E-state index in [2.05, 4.69) is 218 Å². The van der Waals surface area contributed by atoms with Gasteiger partial charge in [0.05, 0.1) is 28.4 Å². The smallest absolute Gasteiger partial charge is 0.0619 e. The van der Waals surface area contributed by atoms with Crippen molar-refractivity contribution < 1.29 is 0 Å². The zero-order valence-electron chi connectivity index (χ0n) is 32.7. The minimum absolute atomic E-state index is 0.172. The lowest BCUT2D eigenvalue weighted by atomic mass is 9.81. The van der Waals surface area contributed by atoms with Crippen LogP contribution in [0.15, 0.2) is 202 Å². The molecule has 3 aliphatic rings. The molecule has 2 aliphatic heterocycles. The molecule has 0 radical (unpaired) electrons. The molecular weight excluding hydrogens is 753 g/mol. The highest BCUT2D eigenvalue weighted by atomic mass is 32.2. The summed E-state index contributed by atoms with van der Waals surface area (Å²) in [7, 11) is 0. The van der Waals surface area contributed by atoms with Gasteiger partial charge in [0.15, 0.2) is 0 Å². The summed E-state index contributed by atoms with van der Waals surface area (Å²) in [6.45, 7) is 4.77. The van der Waals surface area contributed by atoms with Crippen LogP contribution in [0.5, 0.6) is 0 Å². The van der Waals surface area contributed by atoms with E-state index in [1.165, 1.54) is 109 Å². The summed E-state index contributed by atoms with van der Waals surface area (Å²) < 4.78 is 0. The molecule has 0 fully saturated rings. The fourth-order valence-corrected chi connectivity index (χ4v) is 11.8. The second-order valence-corrected chi connectivity index (χ2v) is 18.3. The predicted molar refractivity (Wildman–Crippen MR) is 252 cm³/mol. The van der Waals surface area contributed by atoms with E-state index in [9.17, 15) is 0 Å². The van der Waals surface area contributed by atoms with Crippen LogP contribution >= 0.6 is 23.5 Å². The van der Waals surface area contributed by atoms with Crippen LogP contribution in [-0.2, 0) is 5.41 Å². The molecule has 9 aromatic rings. The van der Waals surface area contributed by atoms with Crippen molar-refractivity contribution in [2.75, 3.05) is 9.80 Å². The third-order valence-corrected chi connectivity index (χ3v) is 14.7. The van der Waals surface area contributed by atoms with Crippen molar-refractivity contribution in [3.05, 3.63) is 204 Å². The Morgan fingerprint density at radius 3 is 1.36 bits per heavy atom. The number of hydrogen-bond donors (Lipinski definition) is 0. The summed E-state index contributed by atoms with van der Waals surface area (Å²) in [5.74, 6) is 0. The quantitative estimate of drug-likeness (QED) is 0.129. The molecular formula is C55H38N2S2. The van der Waals surface area contributed by atoms with Crippen molar-refractivity contribution in [2.24, 2.45) is 0 Å². The average Bonchev–Trinajstić information content (AvgIpc) is 3.50. The maximum absolute atomic E-state index is 2.49. The van der Waals surface area contributed by atoms with Gasteiger partial charge in [0.25, 0.3) is 0 Å². The van der Waals surface area contributed by atoms with E-state index >= 15 is 0 Å². The number of para-hydroxylation sites is 4. The van der Waals surface area contributed by atoms with Crippen molar-refractivity contribution in [3.8, 4) is 11.1 Å². The summed E-state index contributed by atoms with van der Waals surface area (Å²) in [6, 6.07) is 67.2. The van der Waals surface area contributed by atoms with E-state index in [1.807, 2.05) is 23.5 Å². The normalized spacial score (nSPS) is 14.5. The van der Waals surface area contributed by atoms with E-state index in [1.54, 1.807) is 0 Å². The van der Waals surface area contributed by atoms with Crippen LogP contribution < -0.4 is 9.80 Å². The van der Waals surface area contributed by atoms with Crippen LogP contribution in [0.1, 0.15) is 36.1 Å². The Kier molecular flexibility index (Phi) is 7.78. The molecule has 0 unspecified atom stereocenters. The number of hydrogen-bond acceptors (Lipinski definition) is 4. The van der Waals surface area contributed by atoms with Crippen molar-refractivity contribution >= 4 is 91.3 Å². The largest absolute Gasteiger partial charge is 0.308 e. The van der Waals surface area contributed by atoms with Crippen LogP contribution in [-0.4, -0.2) is 0 Å². The molecule has 0 spiro atoms. The predicted octanol–water partition coefficient (Wildman–Crippen LogP) is 16.3. The molecule has 0 N–H and O–H groups in total. The minimum Gasteiger partial charge on any atom is -0.308 e. The molecule has 2 nitrogen and oxygen atoms in total. The molecule has 59 heavy (non-hydrogen) atoms. The molecule has 1 aliphatic carbocycles. The summed E-state index contributed by atoms with van der Waals surface area (Å²) in [4.78, 5) is 10.0. The summed E-state index contributed by atoms with van der Waals surface area (Å²) in [5.41, 5.74) is 15.0. The molecule has 0 saturated heterocycles. The van der Waals surface area contributed by atoms with E-state index in [4.69, 9.17) is 0 Å². The molecule has 4 heteroatoms. The van der Waals surface area contributed by atoms with Crippen molar-refractivity contribution in [3.63, 3.8) is 0 Å². The van der Waals surface area contributed by atoms with Crippen molar-refractivity contribution in [2.45, 2.75) is 38.8 Å². The van der Waals surface area contributed by atoms with Gasteiger partial charge in [-0.25, -0.2) is 0 Å². The second kappa shape index (κ2) is 13.3. The third kappa shape index (κ3) is 5.30. The molecule has 0 aromatic heterocycles. The third-order valence-electron chi connectivity index (χ3n) is 12.4. The van der Waals surface area contributed by atoms with E-state index in [0.717, 1.165) is 0 Å². The summed E-state index contributed by atoms with van der Waals surface area (Å²) in [6.07, 6.45) is 4.67. The van der Waals surface area contributed by atoms with E-state index in [-0.39, 0.29) is 5.41 Å². The highest BCUT2D eigenvalue weighted by molar-refractivity contribution is 8.00. The second-order valence-electron chi connectivity index (χ2n) is 16.1. The molecule has 0 saturated carbocycles. The van der Waals surface area contributed by atoms with Gasteiger partial charge in [-0.3, -0.25) is 0 Å². The van der Waals surface area contributed by atoms with Gasteiger partial charge in [0.2, 0.25) is 0 Å². The first kappa shape index (κ1) is 34.6.